The summed E-state index contributed by atoms with van der Waals surface area (Å²) in [4.78, 5) is 14.0. The van der Waals surface area contributed by atoms with Crippen LogP contribution in [0.4, 0.5) is 0 Å². The van der Waals surface area contributed by atoms with Crippen molar-refractivity contribution in [1.82, 2.24) is 10.3 Å². The van der Waals surface area contributed by atoms with Gasteiger partial charge in [-0.25, -0.2) is 8.42 Å². The first-order valence-corrected chi connectivity index (χ1v) is 9.96. The molecule has 0 spiro atoms. The Bertz CT molecular complexity index is 821. The Kier molecular flexibility index (Phi) is 6.65. The second-order valence-corrected chi connectivity index (χ2v) is 8.44. The summed E-state index contributed by atoms with van der Waals surface area (Å²) >= 11 is 6.59. The first kappa shape index (κ1) is 19.5. The van der Waals surface area contributed by atoms with Gasteiger partial charge in [0.25, 0.3) is 15.9 Å². The monoisotopic (exact) mass is 404 g/mol. The lowest BCUT2D eigenvalue weighted by Crippen LogP contribution is -2.46. The molecule has 0 radical (unpaired) electrons. The molecule has 0 saturated carbocycles. The summed E-state index contributed by atoms with van der Waals surface area (Å²) in [5, 5.41) is 0. The standard InChI is InChI=1S/C15H17ClN2O5S2/c1-3-22-11-4-6-12(7-5-11)23-10(2)15(19)17-18-25(20,21)14-9-8-13(16)24-14/h4-10,18H,3H2,1-2H3,(H,17,19)/t10-/m1/s1. The molecule has 2 N–H and O–H groups in total. The lowest BCUT2D eigenvalue weighted by atomic mass is 10.3. The van der Waals surface area contributed by atoms with E-state index in [9.17, 15) is 13.2 Å². The molecule has 0 saturated heterocycles. The van der Waals surface area contributed by atoms with Gasteiger partial charge >= 0.3 is 0 Å². The first-order chi connectivity index (χ1) is 11.8. The third-order valence-corrected chi connectivity index (χ3v) is 5.91. The van der Waals surface area contributed by atoms with Crippen molar-refractivity contribution in [2.75, 3.05) is 6.61 Å². The number of carbonyl (C=O) groups excluding carboxylic acids is 1. The van der Waals surface area contributed by atoms with Gasteiger partial charge in [0.05, 0.1) is 10.9 Å². The molecular weight excluding hydrogens is 388 g/mol. The zero-order chi connectivity index (χ0) is 18.4. The predicted octanol–water partition coefficient (Wildman–Crippen LogP) is 2.58. The summed E-state index contributed by atoms with van der Waals surface area (Å²) in [6.07, 6.45) is -0.910. The van der Waals surface area contributed by atoms with Crippen molar-refractivity contribution in [3.8, 4) is 11.5 Å². The Hall–Kier alpha value is -1.81. The number of amides is 1. The molecule has 0 bridgehead atoms. The van der Waals surface area contributed by atoms with Crippen molar-refractivity contribution in [2.24, 2.45) is 0 Å². The maximum Gasteiger partial charge on any atom is 0.275 e. The summed E-state index contributed by atoms with van der Waals surface area (Å²) in [6.45, 7) is 3.93. The van der Waals surface area contributed by atoms with Crippen LogP contribution in [0.1, 0.15) is 13.8 Å². The molecule has 1 aromatic carbocycles. The van der Waals surface area contributed by atoms with Crippen LogP contribution in [0.3, 0.4) is 0 Å². The summed E-state index contributed by atoms with van der Waals surface area (Å²) in [6, 6.07) is 9.56. The molecular formula is C15H17ClN2O5S2. The van der Waals surface area contributed by atoms with E-state index in [0.717, 1.165) is 11.3 Å². The maximum absolute atomic E-state index is 12.0. The van der Waals surface area contributed by atoms with Gasteiger partial charge in [0.2, 0.25) is 0 Å². The second kappa shape index (κ2) is 8.52. The first-order valence-electron chi connectivity index (χ1n) is 7.28. The van der Waals surface area contributed by atoms with Crippen molar-refractivity contribution in [3.63, 3.8) is 0 Å². The van der Waals surface area contributed by atoms with E-state index in [2.05, 4.69) is 5.43 Å². The van der Waals surface area contributed by atoms with Gasteiger partial charge in [-0.2, -0.15) is 0 Å². The van der Waals surface area contributed by atoms with E-state index < -0.39 is 22.0 Å². The minimum Gasteiger partial charge on any atom is -0.494 e. The van der Waals surface area contributed by atoms with Crippen LogP contribution in [0.2, 0.25) is 4.34 Å². The van der Waals surface area contributed by atoms with Crippen LogP contribution in [-0.4, -0.2) is 27.0 Å². The molecule has 2 aromatic rings. The van der Waals surface area contributed by atoms with Gasteiger partial charge in [-0.05, 0) is 50.2 Å². The minimum atomic E-state index is -3.87. The van der Waals surface area contributed by atoms with Gasteiger partial charge in [-0.15, -0.1) is 16.2 Å². The number of hydrogen-bond donors (Lipinski definition) is 2. The van der Waals surface area contributed by atoms with Crippen LogP contribution >= 0.6 is 22.9 Å². The molecule has 0 fully saturated rings. The highest BCUT2D eigenvalue weighted by atomic mass is 35.5. The lowest BCUT2D eigenvalue weighted by Gasteiger charge is -2.15. The quantitative estimate of drug-likeness (QED) is 0.659. The Morgan fingerprint density at radius 3 is 2.40 bits per heavy atom. The molecule has 0 aliphatic rings. The lowest BCUT2D eigenvalue weighted by molar-refractivity contribution is -0.127. The van der Waals surface area contributed by atoms with E-state index >= 15 is 0 Å². The van der Waals surface area contributed by atoms with Crippen molar-refractivity contribution in [1.29, 1.82) is 0 Å². The molecule has 136 valence electrons. The van der Waals surface area contributed by atoms with Gasteiger partial charge < -0.3 is 9.47 Å². The largest absolute Gasteiger partial charge is 0.494 e. The number of nitrogens with one attached hydrogen (secondary N) is 2. The highest BCUT2D eigenvalue weighted by Gasteiger charge is 2.20. The Labute approximate surface area is 154 Å². The van der Waals surface area contributed by atoms with Crippen molar-refractivity contribution in [3.05, 3.63) is 40.7 Å². The van der Waals surface area contributed by atoms with Crippen LogP contribution in [0.25, 0.3) is 0 Å². The van der Waals surface area contributed by atoms with Gasteiger partial charge in [0.1, 0.15) is 15.7 Å². The van der Waals surface area contributed by atoms with Gasteiger partial charge in [-0.3, -0.25) is 10.2 Å². The van der Waals surface area contributed by atoms with Crippen molar-refractivity contribution < 1.29 is 22.7 Å². The zero-order valence-corrected chi connectivity index (χ0v) is 15.9. The molecule has 10 heteroatoms. The summed E-state index contributed by atoms with van der Waals surface area (Å²) in [5.74, 6) is 0.508. The molecule has 0 aliphatic heterocycles. The van der Waals surface area contributed by atoms with E-state index in [1.54, 1.807) is 24.3 Å². The summed E-state index contributed by atoms with van der Waals surface area (Å²) < 4.78 is 35.1. The van der Waals surface area contributed by atoms with E-state index in [-0.39, 0.29) is 4.21 Å². The fraction of sp³-hybridized carbons (Fsp3) is 0.267. The van der Waals surface area contributed by atoms with Crippen molar-refractivity contribution in [2.45, 2.75) is 24.2 Å². The molecule has 0 unspecified atom stereocenters. The van der Waals surface area contributed by atoms with Crippen LogP contribution < -0.4 is 19.7 Å². The predicted molar refractivity (Wildman–Crippen MR) is 95.5 cm³/mol. The second-order valence-electron chi connectivity index (χ2n) is 4.82. The molecule has 0 aliphatic carbocycles. The number of sulfonamides is 1. The molecule has 25 heavy (non-hydrogen) atoms. The zero-order valence-electron chi connectivity index (χ0n) is 13.5. The number of benzene rings is 1. The average molecular weight is 405 g/mol. The third kappa shape index (κ3) is 5.60. The molecule has 1 amide bonds. The normalized spacial score (nSPS) is 12.4. The van der Waals surface area contributed by atoms with E-state index in [1.807, 2.05) is 11.8 Å². The van der Waals surface area contributed by atoms with E-state index in [0.29, 0.717) is 22.4 Å². The molecule has 2 rings (SSSR count). The van der Waals surface area contributed by atoms with Gasteiger partial charge in [0, 0.05) is 0 Å². The molecule has 7 nitrogen and oxygen atoms in total. The SMILES string of the molecule is CCOc1ccc(O[C@H](C)C(=O)NNS(=O)(=O)c2ccc(Cl)s2)cc1. The summed E-state index contributed by atoms with van der Waals surface area (Å²) in [5.41, 5.74) is 2.12. The highest BCUT2D eigenvalue weighted by molar-refractivity contribution is 7.91. The average Bonchev–Trinajstić information content (AvgIpc) is 3.02. The number of rotatable bonds is 8. The Balaban J connectivity index is 1.89. The van der Waals surface area contributed by atoms with E-state index in [1.165, 1.54) is 19.1 Å². The third-order valence-electron chi connectivity index (χ3n) is 2.94. The smallest absolute Gasteiger partial charge is 0.275 e. The number of thiophene rings is 1. The fourth-order valence-corrected chi connectivity index (χ4v) is 4.08. The fourth-order valence-electron chi connectivity index (χ4n) is 1.75. The van der Waals surface area contributed by atoms with Gasteiger partial charge in [0.15, 0.2) is 6.10 Å². The van der Waals surface area contributed by atoms with Crippen LogP contribution in [0.5, 0.6) is 11.5 Å². The molecule has 1 aromatic heterocycles. The number of ether oxygens (including phenoxy) is 2. The molecule has 1 heterocycles. The highest BCUT2D eigenvalue weighted by Crippen LogP contribution is 2.25. The van der Waals surface area contributed by atoms with Crippen LogP contribution in [-0.2, 0) is 14.8 Å². The maximum atomic E-state index is 12.0. The van der Waals surface area contributed by atoms with Crippen molar-refractivity contribution >= 4 is 38.9 Å². The number of hydrogen-bond acceptors (Lipinski definition) is 6. The van der Waals surface area contributed by atoms with E-state index in [4.69, 9.17) is 21.1 Å². The molecule has 1 atom stereocenters. The Morgan fingerprint density at radius 2 is 1.84 bits per heavy atom. The topological polar surface area (TPSA) is 93.7 Å². The Morgan fingerprint density at radius 1 is 1.20 bits per heavy atom. The van der Waals surface area contributed by atoms with Crippen LogP contribution in [0.15, 0.2) is 40.6 Å². The number of hydrazine groups is 1. The minimum absolute atomic E-state index is 0.00196. The number of carbonyl (C=O) groups is 1. The number of halogens is 1. The van der Waals surface area contributed by atoms with Crippen LogP contribution in [0, 0.1) is 0 Å². The van der Waals surface area contributed by atoms with Gasteiger partial charge in [-0.1, -0.05) is 11.6 Å². The summed E-state index contributed by atoms with van der Waals surface area (Å²) in [7, 11) is -3.87.